The van der Waals surface area contributed by atoms with Crippen LogP contribution in [-0.4, -0.2) is 36.4 Å². The van der Waals surface area contributed by atoms with E-state index in [0.717, 1.165) is 28.8 Å². The molecule has 0 aliphatic heterocycles. The van der Waals surface area contributed by atoms with Crippen LogP contribution in [0.15, 0.2) is 48.7 Å². The van der Waals surface area contributed by atoms with Gasteiger partial charge in [-0.1, -0.05) is 12.1 Å². The van der Waals surface area contributed by atoms with Gasteiger partial charge >= 0.3 is 6.18 Å². The fraction of sp³-hybridized carbons (Fsp3) is 0.250. The van der Waals surface area contributed by atoms with E-state index < -0.39 is 34.2 Å². The van der Waals surface area contributed by atoms with Gasteiger partial charge in [-0.2, -0.15) is 17.5 Å². The van der Waals surface area contributed by atoms with Crippen LogP contribution in [-0.2, 0) is 27.5 Å². The summed E-state index contributed by atoms with van der Waals surface area (Å²) in [5.74, 6) is -0.759. The summed E-state index contributed by atoms with van der Waals surface area (Å²) in [6.45, 7) is -0.679. The summed E-state index contributed by atoms with van der Waals surface area (Å²) in [5.41, 5.74) is -0.551. The fourth-order valence-corrected chi connectivity index (χ4v) is 2.82. The molecule has 0 unspecified atom stereocenters. The third kappa shape index (κ3) is 5.81. The van der Waals surface area contributed by atoms with Crippen molar-refractivity contribution in [1.29, 1.82) is 0 Å². The Labute approximate surface area is 148 Å². The summed E-state index contributed by atoms with van der Waals surface area (Å²) in [5, 5.41) is 2.28. The van der Waals surface area contributed by atoms with Crippen LogP contribution in [0.3, 0.4) is 0 Å². The standard InChI is InChI=1S/C16H16F3N3O3S/c1-26(24,25)22(10-14-6-2-3-8-20-14)11-15(23)21-13-7-4-5-12(9-13)16(17,18)19/h2-9H,10-11H2,1H3,(H,21,23). The molecule has 0 fully saturated rings. The number of carbonyl (C=O) groups excluding carboxylic acids is 1. The minimum Gasteiger partial charge on any atom is -0.325 e. The smallest absolute Gasteiger partial charge is 0.325 e. The normalized spacial score (nSPS) is 12.2. The Hall–Kier alpha value is -2.46. The highest BCUT2D eigenvalue weighted by Gasteiger charge is 2.30. The molecule has 0 bridgehead atoms. The molecule has 26 heavy (non-hydrogen) atoms. The van der Waals surface area contributed by atoms with Gasteiger partial charge in [0, 0.05) is 11.9 Å². The van der Waals surface area contributed by atoms with E-state index in [1.54, 1.807) is 18.2 Å². The highest BCUT2D eigenvalue weighted by molar-refractivity contribution is 7.88. The molecule has 1 amide bonds. The third-order valence-corrected chi connectivity index (χ3v) is 4.52. The molecule has 0 saturated heterocycles. The van der Waals surface area contributed by atoms with Crippen molar-refractivity contribution in [3.05, 3.63) is 59.9 Å². The molecule has 2 rings (SSSR count). The quantitative estimate of drug-likeness (QED) is 0.826. The number of rotatable bonds is 6. The van der Waals surface area contributed by atoms with Crippen LogP contribution in [0, 0.1) is 0 Å². The van der Waals surface area contributed by atoms with E-state index in [-0.39, 0.29) is 12.2 Å². The molecule has 2 aromatic rings. The second-order valence-electron chi connectivity index (χ2n) is 5.48. The Morgan fingerprint density at radius 1 is 1.19 bits per heavy atom. The second-order valence-corrected chi connectivity index (χ2v) is 7.46. The van der Waals surface area contributed by atoms with Gasteiger partial charge in [0.2, 0.25) is 15.9 Å². The maximum Gasteiger partial charge on any atom is 0.416 e. The zero-order valence-electron chi connectivity index (χ0n) is 13.7. The molecule has 0 aliphatic carbocycles. The topological polar surface area (TPSA) is 79.4 Å². The van der Waals surface area contributed by atoms with Gasteiger partial charge in [0.05, 0.1) is 30.6 Å². The maximum absolute atomic E-state index is 12.7. The van der Waals surface area contributed by atoms with Crippen LogP contribution < -0.4 is 5.32 Å². The average Bonchev–Trinajstić information content (AvgIpc) is 2.54. The maximum atomic E-state index is 12.7. The number of alkyl halides is 3. The van der Waals surface area contributed by atoms with Crippen molar-refractivity contribution in [1.82, 2.24) is 9.29 Å². The number of anilines is 1. The summed E-state index contributed by atoms with van der Waals surface area (Å²) < 4.78 is 62.8. The number of sulfonamides is 1. The Morgan fingerprint density at radius 3 is 2.50 bits per heavy atom. The van der Waals surface area contributed by atoms with E-state index in [0.29, 0.717) is 5.69 Å². The van der Waals surface area contributed by atoms with E-state index in [4.69, 9.17) is 0 Å². The molecule has 1 aromatic carbocycles. The van der Waals surface area contributed by atoms with Gasteiger partial charge in [-0.3, -0.25) is 9.78 Å². The van der Waals surface area contributed by atoms with Crippen molar-refractivity contribution in [3.8, 4) is 0 Å². The first-order valence-corrected chi connectivity index (χ1v) is 9.22. The number of hydrogen-bond donors (Lipinski definition) is 1. The zero-order chi connectivity index (χ0) is 19.4. The van der Waals surface area contributed by atoms with Crippen LogP contribution in [0.25, 0.3) is 0 Å². The summed E-state index contributed by atoms with van der Waals surface area (Å²) in [6, 6.07) is 9.03. The molecule has 0 spiro atoms. The van der Waals surface area contributed by atoms with Crippen molar-refractivity contribution in [2.75, 3.05) is 18.1 Å². The first-order chi connectivity index (χ1) is 12.1. The summed E-state index contributed by atoms with van der Waals surface area (Å²) in [6.07, 6.45) is -2.12. The van der Waals surface area contributed by atoms with Gasteiger partial charge in [0.15, 0.2) is 0 Å². The van der Waals surface area contributed by atoms with Crippen molar-refractivity contribution < 1.29 is 26.4 Å². The number of benzene rings is 1. The van der Waals surface area contributed by atoms with E-state index in [1.807, 2.05) is 0 Å². The molecule has 0 radical (unpaired) electrons. The summed E-state index contributed by atoms with van der Waals surface area (Å²) in [4.78, 5) is 16.1. The monoisotopic (exact) mass is 387 g/mol. The lowest BCUT2D eigenvalue weighted by Gasteiger charge is -2.19. The van der Waals surface area contributed by atoms with Crippen molar-refractivity contribution >= 4 is 21.6 Å². The molecule has 1 aromatic heterocycles. The van der Waals surface area contributed by atoms with Crippen molar-refractivity contribution in [3.63, 3.8) is 0 Å². The molecule has 140 valence electrons. The number of hydrogen-bond acceptors (Lipinski definition) is 4. The van der Waals surface area contributed by atoms with Gasteiger partial charge in [-0.25, -0.2) is 8.42 Å². The second kappa shape index (κ2) is 7.83. The molecule has 1 N–H and O–H groups in total. The molecular formula is C16H16F3N3O3S. The first kappa shape index (κ1) is 19.9. The lowest BCUT2D eigenvalue weighted by Crippen LogP contribution is -2.37. The number of pyridine rings is 1. The molecule has 0 saturated carbocycles. The predicted octanol–water partition coefficient (Wildman–Crippen LogP) is 2.50. The number of halogens is 3. The van der Waals surface area contributed by atoms with Crippen LogP contribution >= 0.6 is 0 Å². The number of carbonyl (C=O) groups is 1. The first-order valence-electron chi connectivity index (χ1n) is 7.38. The van der Waals surface area contributed by atoms with Gasteiger partial charge in [0.25, 0.3) is 0 Å². The Morgan fingerprint density at radius 2 is 1.92 bits per heavy atom. The SMILES string of the molecule is CS(=O)(=O)N(CC(=O)Nc1cccc(C(F)(F)F)c1)Cc1ccccn1. The van der Waals surface area contributed by atoms with Gasteiger partial charge in [-0.05, 0) is 30.3 Å². The molecule has 10 heteroatoms. The van der Waals surface area contributed by atoms with Gasteiger partial charge in [0.1, 0.15) is 0 Å². The number of nitrogens with one attached hydrogen (secondary N) is 1. The Bertz CT molecular complexity index is 871. The average molecular weight is 387 g/mol. The van der Waals surface area contributed by atoms with Crippen molar-refractivity contribution in [2.24, 2.45) is 0 Å². The number of aromatic nitrogens is 1. The lowest BCUT2D eigenvalue weighted by molar-refractivity contribution is -0.137. The largest absolute Gasteiger partial charge is 0.416 e. The van der Waals surface area contributed by atoms with E-state index in [9.17, 15) is 26.4 Å². The van der Waals surface area contributed by atoms with E-state index in [1.165, 1.54) is 12.3 Å². The van der Waals surface area contributed by atoms with Crippen LogP contribution in [0.2, 0.25) is 0 Å². The summed E-state index contributed by atoms with van der Waals surface area (Å²) >= 11 is 0. The van der Waals surface area contributed by atoms with Crippen LogP contribution in [0.1, 0.15) is 11.3 Å². The fourth-order valence-electron chi connectivity index (χ4n) is 2.10. The van der Waals surface area contributed by atoms with Crippen LogP contribution in [0.5, 0.6) is 0 Å². The van der Waals surface area contributed by atoms with E-state index in [2.05, 4.69) is 10.3 Å². The minimum absolute atomic E-state index is 0.0730. The predicted molar refractivity (Wildman–Crippen MR) is 89.6 cm³/mol. The summed E-state index contributed by atoms with van der Waals surface area (Å²) in [7, 11) is -3.73. The molecular weight excluding hydrogens is 371 g/mol. The third-order valence-electron chi connectivity index (χ3n) is 3.33. The minimum atomic E-state index is -4.54. The number of amides is 1. The molecule has 1 heterocycles. The van der Waals surface area contributed by atoms with Crippen molar-refractivity contribution in [2.45, 2.75) is 12.7 Å². The zero-order valence-corrected chi connectivity index (χ0v) is 14.5. The highest BCUT2D eigenvalue weighted by Crippen LogP contribution is 2.30. The highest BCUT2D eigenvalue weighted by atomic mass is 32.2. The molecule has 0 atom stereocenters. The molecule has 0 aliphatic rings. The van der Waals surface area contributed by atoms with Crippen LogP contribution in [0.4, 0.5) is 18.9 Å². The Kier molecular flexibility index (Phi) is 5.98. The van der Waals surface area contributed by atoms with E-state index >= 15 is 0 Å². The number of nitrogens with zero attached hydrogens (tertiary/aromatic N) is 2. The van der Waals surface area contributed by atoms with Gasteiger partial charge < -0.3 is 5.32 Å². The lowest BCUT2D eigenvalue weighted by atomic mass is 10.2. The Balaban J connectivity index is 2.10. The molecule has 6 nitrogen and oxygen atoms in total. The van der Waals surface area contributed by atoms with Gasteiger partial charge in [-0.15, -0.1) is 0 Å².